The Labute approximate surface area is 177 Å². The third-order valence-electron chi connectivity index (χ3n) is 3.30. The highest BCUT2D eigenvalue weighted by Crippen LogP contribution is 2.30. The molecular weight excluding hydrogens is 419 g/mol. The van der Waals surface area contributed by atoms with Gasteiger partial charge in [-0.05, 0) is 72.3 Å². The predicted molar refractivity (Wildman–Crippen MR) is 130 cm³/mol. The Morgan fingerprint density at radius 1 is 0.893 bits per heavy atom. The maximum atomic E-state index is 12.4. The van der Waals surface area contributed by atoms with Crippen LogP contribution in [0, 0.1) is 0 Å². The minimum absolute atomic E-state index is 0.0319. The van der Waals surface area contributed by atoms with Crippen LogP contribution in [0.3, 0.4) is 0 Å². The van der Waals surface area contributed by atoms with Gasteiger partial charge in [-0.1, -0.05) is 12.7 Å². The van der Waals surface area contributed by atoms with Crippen molar-refractivity contribution in [2.24, 2.45) is 0 Å². The van der Waals surface area contributed by atoms with Crippen molar-refractivity contribution in [2.75, 3.05) is 13.1 Å². The fraction of sp³-hybridized carbons (Fsp3) is 0.737. The van der Waals surface area contributed by atoms with E-state index in [4.69, 9.17) is 12.3 Å². The second kappa shape index (κ2) is 10.6. The second-order valence-electron chi connectivity index (χ2n) is 10.3. The van der Waals surface area contributed by atoms with Crippen LogP contribution in [0.15, 0.2) is 24.8 Å². The van der Waals surface area contributed by atoms with E-state index in [1.54, 1.807) is 17.9 Å². The summed E-state index contributed by atoms with van der Waals surface area (Å²) in [5.74, 6) is -0.0319. The van der Waals surface area contributed by atoms with Gasteiger partial charge in [-0.25, -0.2) is 0 Å². The first-order valence-electron chi connectivity index (χ1n) is 10.1. The highest BCUT2D eigenvalue weighted by Gasteiger charge is 2.49. The Bertz CT molecular complexity index is 507. The molecule has 1 amide bonds. The summed E-state index contributed by atoms with van der Waals surface area (Å²) < 4.78 is 20.1. The Kier molecular flexibility index (Phi) is 10.5. The van der Waals surface area contributed by atoms with Gasteiger partial charge in [0.1, 0.15) is 0 Å². The molecule has 0 fully saturated rings. The lowest BCUT2D eigenvalue weighted by Gasteiger charge is -2.43. The van der Waals surface area contributed by atoms with Crippen molar-refractivity contribution in [2.45, 2.75) is 78.3 Å². The molecule has 0 aliphatic rings. The van der Waals surface area contributed by atoms with Gasteiger partial charge in [-0.2, -0.15) is 0 Å². The van der Waals surface area contributed by atoms with Gasteiger partial charge in [-0.3, -0.25) is 4.79 Å². The first kappa shape index (κ1) is 27.7. The summed E-state index contributed by atoms with van der Waals surface area (Å²) in [7, 11) is -8.49. The smallest absolute Gasteiger partial charge is 0.417 e. The molecule has 0 bridgehead atoms. The van der Waals surface area contributed by atoms with Gasteiger partial charge in [0.25, 0.3) is 0 Å². The Morgan fingerprint density at radius 2 is 1.29 bits per heavy atom. The van der Waals surface area contributed by atoms with Crippen LogP contribution in [-0.4, -0.2) is 57.7 Å². The maximum absolute atomic E-state index is 12.4. The number of hydrogen-bond donors (Lipinski definition) is 0. The molecule has 9 heteroatoms. The molecule has 0 N–H and O–H groups in total. The molecule has 164 valence electrons. The van der Waals surface area contributed by atoms with Gasteiger partial charge >= 0.3 is 8.80 Å². The molecule has 5 nitrogen and oxygen atoms in total. The van der Waals surface area contributed by atoms with E-state index in [1.807, 2.05) is 0 Å². The number of hydrogen-bond acceptors (Lipinski definition) is 4. The number of amides is 1. The first-order chi connectivity index (χ1) is 12.4. The molecule has 0 aromatic carbocycles. The van der Waals surface area contributed by atoms with Crippen molar-refractivity contribution in [1.29, 1.82) is 0 Å². The van der Waals surface area contributed by atoms with Crippen LogP contribution >= 0.6 is 0 Å². The van der Waals surface area contributed by atoms with Crippen molar-refractivity contribution >= 4 is 39.7 Å². The molecule has 0 saturated carbocycles. The van der Waals surface area contributed by atoms with Gasteiger partial charge in [0.2, 0.25) is 5.91 Å². The number of nitrogens with zero attached hydrogens (tertiary/aromatic N) is 1. The zero-order valence-electron chi connectivity index (χ0n) is 19.9. The minimum Gasteiger partial charge on any atom is -0.417 e. The molecule has 0 atom stereocenters. The van der Waals surface area contributed by atoms with Gasteiger partial charge in [0, 0.05) is 24.7 Å². The normalized spacial score (nSPS) is 13.4. The molecule has 0 saturated heterocycles. The third kappa shape index (κ3) is 12.3. The van der Waals surface area contributed by atoms with Crippen molar-refractivity contribution in [1.82, 2.24) is 4.90 Å². The van der Waals surface area contributed by atoms with E-state index in [0.717, 1.165) is 12.5 Å². The van der Waals surface area contributed by atoms with Crippen molar-refractivity contribution in [3.63, 3.8) is 0 Å². The van der Waals surface area contributed by atoms with Gasteiger partial charge in [0.15, 0.2) is 25.0 Å². The van der Waals surface area contributed by atoms with E-state index in [9.17, 15) is 4.79 Å². The lowest BCUT2D eigenvalue weighted by atomic mass is 10.3. The highest BCUT2D eigenvalue weighted by atomic mass is 28.5. The molecule has 0 radical (unpaired) electrons. The Morgan fingerprint density at radius 3 is 1.57 bits per heavy atom. The van der Waals surface area contributed by atoms with Crippen molar-refractivity contribution < 1.29 is 17.1 Å². The quantitative estimate of drug-likeness (QED) is 0.207. The standard InChI is InChI=1S/C19H43NO4Si4/c1-13-15-20(19(21)18(2)3)16-14-17-28(22-25(4,5)6,23-26(7,8)9)24-27(10,11)12/h13H,1-2,14-17H2,3-12H3. The fourth-order valence-corrected chi connectivity index (χ4v) is 17.4. The minimum atomic E-state index is -2.85. The second-order valence-corrected chi connectivity index (χ2v) is 27.2. The average Bonchev–Trinajstić information content (AvgIpc) is 2.39. The van der Waals surface area contributed by atoms with E-state index in [-0.39, 0.29) is 5.91 Å². The van der Waals surface area contributed by atoms with Crippen molar-refractivity contribution in [3.05, 3.63) is 24.8 Å². The lowest BCUT2D eigenvalue weighted by molar-refractivity contribution is -0.126. The molecular formula is C19H43NO4Si4. The Balaban J connectivity index is 5.61. The van der Waals surface area contributed by atoms with Crippen LogP contribution in [0.2, 0.25) is 65.0 Å². The Hall–Kier alpha value is -0.302. The van der Waals surface area contributed by atoms with Crippen LogP contribution in [0.1, 0.15) is 13.3 Å². The number of rotatable bonds is 13. The summed E-state index contributed by atoms with van der Waals surface area (Å²) in [5, 5.41) is 0. The fourth-order valence-electron chi connectivity index (χ4n) is 2.80. The first-order valence-corrected chi connectivity index (χ1v) is 22.2. The predicted octanol–water partition coefficient (Wildman–Crippen LogP) is 5.46. The van der Waals surface area contributed by atoms with E-state index in [1.165, 1.54) is 0 Å². The molecule has 0 aromatic rings. The van der Waals surface area contributed by atoms with Crippen LogP contribution in [0.25, 0.3) is 0 Å². The maximum Gasteiger partial charge on any atom is 0.469 e. The van der Waals surface area contributed by atoms with Crippen molar-refractivity contribution in [3.8, 4) is 0 Å². The zero-order chi connectivity index (χ0) is 22.4. The van der Waals surface area contributed by atoms with Gasteiger partial charge in [-0.15, -0.1) is 6.58 Å². The van der Waals surface area contributed by atoms with Crippen LogP contribution in [0.4, 0.5) is 0 Å². The van der Waals surface area contributed by atoms with Crippen LogP contribution < -0.4 is 0 Å². The van der Waals surface area contributed by atoms with Crippen LogP contribution in [0.5, 0.6) is 0 Å². The summed E-state index contributed by atoms with van der Waals surface area (Å²) in [6, 6.07) is 0.725. The summed E-state index contributed by atoms with van der Waals surface area (Å²) in [5.41, 5.74) is 0.542. The number of carbonyl (C=O) groups is 1. The monoisotopic (exact) mass is 461 g/mol. The lowest BCUT2D eigenvalue weighted by Crippen LogP contribution is -2.60. The van der Waals surface area contributed by atoms with Crippen LogP contribution in [-0.2, 0) is 17.1 Å². The summed E-state index contributed by atoms with van der Waals surface area (Å²) in [4.78, 5) is 14.2. The molecule has 0 aliphatic carbocycles. The van der Waals surface area contributed by atoms with Gasteiger partial charge < -0.3 is 17.2 Å². The molecule has 0 unspecified atom stereocenters. The molecule has 28 heavy (non-hydrogen) atoms. The van der Waals surface area contributed by atoms with E-state index in [2.05, 4.69) is 72.1 Å². The molecule has 0 aromatic heterocycles. The largest absolute Gasteiger partial charge is 0.469 e. The summed E-state index contributed by atoms with van der Waals surface area (Å²) in [6.45, 7) is 30.1. The SMILES string of the molecule is C=CCN(CCC[Si](O[Si](C)(C)C)(O[Si](C)(C)C)O[Si](C)(C)C)C(=O)C(=C)C. The number of carbonyl (C=O) groups excluding carboxylic acids is 1. The van der Waals surface area contributed by atoms with E-state index in [0.29, 0.717) is 18.7 Å². The summed E-state index contributed by atoms with van der Waals surface area (Å²) >= 11 is 0. The topological polar surface area (TPSA) is 48.0 Å². The third-order valence-corrected chi connectivity index (χ3v) is 15.3. The zero-order valence-corrected chi connectivity index (χ0v) is 23.9. The summed E-state index contributed by atoms with van der Waals surface area (Å²) in [6.07, 6.45) is 2.53. The molecule has 0 rings (SSSR count). The van der Waals surface area contributed by atoms with Gasteiger partial charge in [0.05, 0.1) is 0 Å². The average molecular weight is 462 g/mol. The molecule has 0 aliphatic heterocycles. The van der Waals surface area contributed by atoms with E-state index < -0.39 is 33.8 Å². The van der Waals surface area contributed by atoms with E-state index >= 15 is 0 Å². The molecule has 0 heterocycles. The highest BCUT2D eigenvalue weighted by molar-refractivity contribution is 6.90. The molecule has 0 spiro atoms.